The van der Waals surface area contributed by atoms with E-state index in [1.807, 2.05) is 94.2 Å². The third-order valence-corrected chi connectivity index (χ3v) is 12.8. The molecule has 11 nitrogen and oxygen atoms in total. The standard InChI is InChI=1S/C47H66N4O7S.CH4/c1-9-23-51(46(55)38(31(5)10-2)27-42(53)40-18-14-15-24-50(40)8)41(30(3)4)28-43(58-33(7)52)45-49-39(29-59-45)44(54)48-37(25-32(6)47(56)57)26-34-19-21-36(22-20-34)35-16-12-11-13-17-35;/h11-13,16-17,19-22,29-32,37-38,40-41,43H,9-10,14-15,18,23-28H2,1-8H3,(H,48,54)(H,56,57);1H4/t31-,32-,37+,38?,40?,41+,43+;/m0./s1. The number of esters is 1. The molecule has 0 aliphatic carbocycles. The van der Waals surface area contributed by atoms with Crippen molar-refractivity contribution in [1.29, 1.82) is 0 Å². The van der Waals surface area contributed by atoms with Crippen molar-refractivity contribution in [3.63, 3.8) is 0 Å². The molecule has 7 atom stereocenters. The molecule has 12 heteroatoms. The Bertz CT molecular complexity index is 1830. The van der Waals surface area contributed by atoms with Gasteiger partial charge in [-0.2, -0.15) is 0 Å². The average Bonchev–Trinajstić information content (AvgIpc) is 3.71. The van der Waals surface area contributed by atoms with Crippen LogP contribution >= 0.6 is 11.3 Å². The summed E-state index contributed by atoms with van der Waals surface area (Å²) < 4.78 is 5.90. The van der Waals surface area contributed by atoms with Gasteiger partial charge < -0.3 is 20.1 Å². The number of thiazole rings is 1. The van der Waals surface area contributed by atoms with E-state index in [1.54, 1.807) is 12.3 Å². The first-order valence-electron chi connectivity index (χ1n) is 21.5. The van der Waals surface area contributed by atoms with E-state index in [9.17, 15) is 29.1 Å². The zero-order chi connectivity index (χ0) is 43.2. The lowest BCUT2D eigenvalue weighted by atomic mass is 9.82. The third-order valence-electron chi connectivity index (χ3n) is 11.9. The summed E-state index contributed by atoms with van der Waals surface area (Å²) in [6.45, 7) is 14.5. The third kappa shape index (κ3) is 14.1. The summed E-state index contributed by atoms with van der Waals surface area (Å²) in [6.07, 6.45) is 4.62. The van der Waals surface area contributed by atoms with Gasteiger partial charge in [-0.25, -0.2) is 4.98 Å². The maximum atomic E-state index is 14.7. The monoisotopic (exact) mass is 846 g/mol. The number of amides is 2. The number of likely N-dealkylation sites (tertiary alicyclic amines) is 1. The highest BCUT2D eigenvalue weighted by atomic mass is 32.1. The number of nitrogens with one attached hydrogen (secondary N) is 1. The van der Waals surface area contributed by atoms with E-state index < -0.39 is 41.8 Å². The van der Waals surface area contributed by atoms with E-state index in [4.69, 9.17) is 4.74 Å². The molecule has 330 valence electrons. The van der Waals surface area contributed by atoms with Crippen LogP contribution in [0.5, 0.6) is 0 Å². The molecule has 3 aromatic rings. The zero-order valence-electron chi connectivity index (χ0n) is 36.3. The highest BCUT2D eigenvalue weighted by Crippen LogP contribution is 2.34. The molecular weight excluding hydrogens is 777 g/mol. The Labute approximate surface area is 362 Å². The molecule has 1 aliphatic heterocycles. The summed E-state index contributed by atoms with van der Waals surface area (Å²) >= 11 is 1.21. The number of ketones is 1. The molecule has 2 unspecified atom stereocenters. The molecule has 0 spiro atoms. The van der Waals surface area contributed by atoms with Gasteiger partial charge in [0.1, 0.15) is 10.7 Å². The number of carbonyl (C=O) groups is 5. The largest absolute Gasteiger partial charge is 0.481 e. The molecule has 2 N–H and O–H groups in total. The number of carboxylic acid groups (broad SMARTS) is 1. The van der Waals surface area contributed by atoms with Gasteiger partial charge in [-0.1, -0.05) is 116 Å². The van der Waals surface area contributed by atoms with Crippen LogP contribution in [-0.4, -0.2) is 87.7 Å². The molecule has 1 aliphatic rings. The molecule has 0 bridgehead atoms. The predicted molar refractivity (Wildman–Crippen MR) is 240 cm³/mol. The Morgan fingerprint density at radius 3 is 2.22 bits per heavy atom. The van der Waals surface area contributed by atoms with Crippen LogP contribution in [0.4, 0.5) is 0 Å². The van der Waals surface area contributed by atoms with Gasteiger partial charge in [0.05, 0.1) is 12.0 Å². The topological polar surface area (TPSA) is 146 Å². The van der Waals surface area contributed by atoms with Crippen LogP contribution < -0.4 is 5.32 Å². The second-order valence-corrected chi connectivity index (χ2v) is 17.7. The van der Waals surface area contributed by atoms with E-state index in [0.29, 0.717) is 24.4 Å². The number of rotatable bonds is 22. The summed E-state index contributed by atoms with van der Waals surface area (Å²) in [5, 5.41) is 14.8. The molecule has 1 aromatic heterocycles. The van der Waals surface area contributed by atoms with E-state index in [-0.39, 0.29) is 68.0 Å². The molecule has 1 saturated heterocycles. The van der Waals surface area contributed by atoms with Gasteiger partial charge in [-0.15, -0.1) is 11.3 Å². The van der Waals surface area contributed by atoms with E-state index >= 15 is 0 Å². The van der Waals surface area contributed by atoms with Crippen molar-refractivity contribution in [2.45, 2.75) is 138 Å². The lowest BCUT2D eigenvalue weighted by Gasteiger charge is -2.39. The van der Waals surface area contributed by atoms with Crippen molar-refractivity contribution >= 4 is 40.9 Å². The van der Waals surface area contributed by atoms with E-state index in [1.165, 1.54) is 18.3 Å². The van der Waals surface area contributed by atoms with Crippen molar-refractivity contribution in [2.75, 3.05) is 20.1 Å². The number of benzene rings is 2. The lowest BCUT2D eigenvalue weighted by Crippen LogP contribution is -2.50. The number of carboxylic acids is 1. The van der Waals surface area contributed by atoms with Crippen LogP contribution in [0.1, 0.15) is 134 Å². The first kappa shape index (κ1) is 49.9. The van der Waals surface area contributed by atoms with Crippen LogP contribution in [0.2, 0.25) is 0 Å². The van der Waals surface area contributed by atoms with E-state index in [0.717, 1.165) is 48.9 Å². The van der Waals surface area contributed by atoms with Gasteiger partial charge in [0.15, 0.2) is 11.9 Å². The van der Waals surface area contributed by atoms with Gasteiger partial charge in [-0.3, -0.25) is 28.9 Å². The Kier molecular flexibility index (Phi) is 20.1. The summed E-state index contributed by atoms with van der Waals surface area (Å²) in [7, 11) is 1.99. The number of nitrogens with zero attached hydrogens (tertiary/aromatic N) is 3. The SMILES string of the molecule is C.CCCN(C(=O)C(CC(=O)C1CCCCN1C)[C@@H](C)CC)[C@H](C[C@@H](OC(C)=O)c1nc(C(=O)N[C@@H](Cc2ccc(-c3ccccc3)cc2)C[C@H](C)C(=O)O)cs1)C(C)C. The predicted octanol–water partition coefficient (Wildman–Crippen LogP) is 9.26. The highest BCUT2D eigenvalue weighted by molar-refractivity contribution is 7.09. The Morgan fingerprint density at radius 2 is 1.63 bits per heavy atom. The first-order valence-corrected chi connectivity index (χ1v) is 22.3. The first-order chi connectivity index (χ1) is 28.1. The number of hydrogen-bond donors (Lipinski definition) is 2. The second kappa shape index (κ2) is 24.1. The summed E-state index contributed by atoms with van der Waals surface area (Å²) in [5.74, 6) is -3.04. The van der Waals surface area contributed by atoms with Gasteiger partial charge in [0.2, 0.25) is 5.91 Å². The molecule has 60 heavy (non-hydrogen) atoms. The molecule has 0 saturated carbocycles. The number of ether oxygens (including phenoxy) is 1. The smallest absolute Gasteiger partial charge is 0.306 e. The minimum absolute atomic E-state index is 0. The number of piperidine rings is 1. The molecule has 2 amide bonds. The molecule has 2 aromatic carbocycles. The molecular formula is C48H70N4O7S. The number of aliphatic carboxylic acids is 1. The van der Waals surface area contributed by atoms with Crippen LogP contribution in [0.25, 0.3) is 11.1 Å². The van der Waals surface area contributed by atoms with Gasteiger partial charge in [0, 0.05) is 49.7 Å². The lowest BCUT2D eigenvalue weighted by molar-refractivity contribution is -0.150. The maximum Gasteiger partial charge on any atom is 0.306 e. The van der Waals surface area contributed by atoms with Crippen molar-refractivity contribution in [1.82, 2.24) is 20.1 Å². The summed E-state index contributed by atoms with van der Waals surface area (Å²) in [4.78, 5) is 75.4. The Morgan fingerprint density at radius 1 is 0.967 bits per heavy atom. The van der Waals surface area contributed by atoms with Crippen LogP contribution in [0, 0.1) is 23.7 Å². The molecule has 1 fully saturated rings. The minimum atomic E-state index is -0.946. The van der Waals surface area contributed by atoms with Crippen LogP contribution in [0.15, 0.2) is 60.0 Å². The van der Waals surface area contributed by atoms with Gasteiger partial charge in [-0.05, 0) is 74.2 Å². The fourth-order valence-corrected chi connectivity index (χ4v) is 9.03. The number of hydrogen-bond acceptors (Lipinski definition) is 9. The van der Waals surface area contributed by atoms with Crippen molar-refractivity contribution in [3.8, 4) is 11.1 Å². The quantitative estimate of drug-likeness (QED) is 0.0945. The zero-order valence-corrected chi connectivity index (χ0v) is 37.1. The fraction of sp³-hybridized carbons (Fsp3) is 0.583. The van der Waals surface area contributed by atoms with Crippen molar-refractivity contribution in [3.05, 3.63) is 76.2 Å². The summed E-state index contributed by atoms with van der Waals surface area (Å²) in [6, 6.07) is 17.0. The highest BCUT2D eigenvalue weighted by Gasteiger charge is 2.39. The number of aromatic nitrogens is 1. The van der Waals surface area contributed by atoms with Gasteiger partial charge in [0.25, 0.3) is 5.91 Å². The van der Waals surface area contributed by atoms with Crippen LogP contribution in [0.3, 0.4) is 0 Å². The van der Waals surface area contributed by atoms with Crippen molar-refractivity contribution in [2.24, 2.45) is 23.7 Å². The number of carbonyl (C=O) groups excluding carboxylic acids is 4. The summed E-state index contributed by atoms with van der Waals surface area (Å²) in [5.41, 5.74) is 3.24. The minimum Gasteiger partial charge on any atom is -0.481 e. The average molecular weight is 847 g/mol. The van der Waals surface area contributed by atoms with Gasteiger partial charge >= 0.3 is 11.9 Å². The Hall–Kier alpha value is -4.42. The van der Waals surface area contributed by atoms with Crippen LogP contribution in [-0.2, 0) is 30.3 Å². The number of Topliss-reactive ketones (excluding diaryl/α,β-unsaturated/α-hetero) is 1. The molecule has 4 rings (SSSR count). The molecule has 2 heterocycles. The fourth-order valence-electron chi connectivity index (χ4n) is 8.19. The maximum absolute atomic E-state index is 14.7. The van der Waals surface area contributed by atoms with E-state index in [2.05, 4.69) is 22.1 Å². The Balaban J connectivity index is 0.00000961. The number of likely N-dealkylation sites (N-methyl/N-ethyl adjacent to an activating group) is 1. The normalized spacial score (nSPS) is 17.3. The van der Waals surface area contributed by atoms with Crippen molar-refractivity contribution < 1.29 is 33.8 Å². The second-order valence-electron chi connectivity index (χ2n) is 16.8. The molecule has 0 radical (unpaired) electrons.